The Morgan fingerprint density at radius 2 is 2.00 bits per heavy atom. The van der Waals surface area contributed by atoms with Crippen molar-refractivity contribution in [1.29, 1.82) is 0 Å². The molecule has 1 N–H and O–H groups in total. The number of urea groups is 1. The second-order valence-corrected chi connectivity index (χ2v) is 6.80. The van der Waals surface area contributed by atoms with Crippen molar-refractivity contribution in [1.82, 2.24) is 15.0 Å². The van der Waals surface area contributed by atoms with Crippen molar-refractivity contribution in [3.05, 3.63) is 65.0 Å². The van der Waals surface area contributed by atoms with Gasteiger partial charge in [0.05, 0.1) is 5.92 Å². The topological polar surface area (TPSA) is 71.3 Å². The van der Waals surface area contributed by atoms with E-state index in [1.54, 1.807) is 17.0 Å². The molecule has 1 aromatic heterocycles. The van der Waals surface area contributed by atoms with Gasteiger partial charge in [-0.05, 0) is 31.2 Å². The summed E-state index contributed by atoms with van der Waals surface area (Å²) < 4.78 is 5.36. The van der Waals surface area contributed by atoms with Crippen molar-refractivity contribution < 1.29 is 9.32 Å². The molecule has 26 heavy (non-hydrogen) atoms. The molecule has 1 saturated heterocycles. The van der Waals surface area contributed by atoms with Crippen LogP contribution in [0.2, 0.25) is 5.02 Å². The van der Waals surface area contributed by atoms with Gasteiger partial charge in [0.2, 0.25) is 11.7 Å². The fourth-order valence-electron chi connectivity index (χ4n) is 2.79. The van der Waals surface area contributed by atoms with Crippen LogP contribution < -0.4 is 5.32 Å². The van der Waals surface area contributed by atoms with Crippen molar-refractivity contribution in [2.24, 2.45) is 0 Å². The lowest BCUT2D eigenvalue weighted by Gasteiger charge is -2.36. The minimum absolute atomic E-state index is 0.0548. The maximum Gasteiger partial charge on any atom is 0.321 e. The highest BCUT2D eigenvalue weighted by Gasteiger charge is 2.35. The number of nitrogens with one attached hydrogen (secondary N) is 1. The molecule has 132 valence electrons. The summed E-state index contributed by atoms with van der Waals surface area (Å²) in [6, 6.07) is 14.9. The second kappa shape index (κ2) is 6.80. The smallest absolute Gasteiger partial charge is 0.321 e. The van der Waals surface area contributed by atoms with E-state index < -0.39 is 0 Å². The number of nitrogens with zero attached hydrogens (tertiary/aromatic N) is 3. The van der Waals surface area contributed by atoms with Crippen LogP contribution in [0.3, 0.4) is 0 Å². The molecule has 4 rings (SSSR count). The first-order valence-electron chi connectivity index (χ1n) is 8.30. The molecule has 2 aromatic carbocycles. The predicted octanol–water partition coefficient (Wildman–Crippen LogP) is 4.33. The molecular weight excluding hydrogens is 352 g/mol. The number of hydrogen-bond donors (Lipinski definition) is 1. The van der Waals surface area contributed by atoms with Crippen LogP contribution in [-0.4, -0.2) is 34.2 Å². The number of carbonyl (C=O) groups excluding carboxylic acids is 1. The van der Waals surface area contributed by atoms with Crippen LogP contribution in [-0.2, 0) is 0 Å². The maximum absolute atomic E-state index is 12.3. The summed E-state index contributed by atoms with van der Waals surface area (Å²) in [5.41, 5.74) is 2.74. The van der Waals surface area contributed by atoms with Gasteiger partial charge in [-0.3, -0.25) is 0 Å². The number of benzene rings is 2. The summed E-state index contributed by atoms with van der Waals surface area (Å²) in [6.07, 6.45) is 0. The van der Waals surface area contributed by atoms with E-state index >= 15 is 0 Å². The first-order chi connectivity index (χ1) is 12.6. The van der Waals surface area contributed by atoms with Crippen molar-refractivity contribution in [3.8, 4) is 11.4 Å². The van der Waals surface area contributed by atoms with E-state index in [1.165, 1.54) is 0 Å². The molecule has 0 atom stereocenters. The summed E-state index contributed by atoms with van der Waals surface area (Å²) >= 11 is 5.99. The van der Waals surface area contributed by atoms with E-state index in [0.717, 1.165) is 16.8 Å². The Kier molecular flexibility index (Phi) is 4.34. The number of aromatic nitrogens is 2. The molecule has 7 heteroatoms. The molecule has 3 aromatic rings. The van der Waals surface area contributed by atoms with Crippen LogP contribution in [0.4, 0.5) is 10.5 Å². The van der Waals surface area contributed by atoms with Gasteiger partial charge in [-0.1, -0.05) is 46.6 Å². The highest BCUT2D eigenvalue weighted by atomic mass is 35.5. The molecule has 0 unspecified atom stereocenters. The van der Waals surface area contributed by atoms with E-state index in [0.29, 0.717) is 29.8 Å². The molecule has 1 aliphatic heterocycles. The Morgan fingerprint density at radius 1 is 1.23 bits per heavy atom. The van der Waals surface area contributed by atoms with Crippen LogP contribution in [0.15, 0.2) is 53.1 Å². The van der Waals surface area contributed by atoms with Crippen LogP contribution in [0, 0.1) is 6.92 Å². The van der Waals surface area contributed by atoms with Gasteiger partial charge < -0.3 is 14.7 Å². The third kappa shape index (κ3) is 3.41. The van der Waals surface area contributed by atoms with E-state index in [4.69, 9.17) is 16.1 Å². The van der Waals surface area contributed by atoms with Gasteiger partial charge in [0.25, 0.3) is 0 Å². The fraction of sp³-hybridized carbons (Fsp3) is 0.211. The van der Waals surface area contributed by atoms with Gasteiger partial charge in [-0.25, -0.2) is 4.79 Å². The fourth-order valence-corrected chi connectivity index (χ4v) is 2.98. The van der Waals surface area contributed by atoms with Gasteiger partial charge in [0.1, 0.15) is 0 Å². The van der Waals surface area contributed by atoms with Crippen molar-refractivity contribution >= 4 is 23.3 Å². The Bertz CT molecular complexity index is 933. The number of rotatable bonds is 3. The summed E-state index contributed by atoms with van der Waals surface area (Å²) in [7, 11) is 0. The second-order valence-electron chi connectivity index (χ2n) is 6.36. The Labute approximate surface area is 155 Å². The number of aryl methyl sites for hydroxylation is 1. The van der Waals surface area contributed by atoms with Crippen molar-refractivity contribution in [2.75, 3.05) is 18.4 Å². The number of hydrogen-bond acceptors (Lipinski definition) is 4. The molecule has 2 heterocycles. The molecular formula is C19H17ClN4O2. The summed E-state index contributed by atoms with van der Waals surface area (Å²) in [5.74, 6) is 1.10. The lowest BCUT2D eigenvalue weighted by atomic mass is 10.0. The number of anilines is 1. The maximum atomic E-state index is 12.3. The highest BCUT2D eigenvalue weighted by molar-refractivity contribution is 6.30. The lowest BCUT2D eigenvalue weighted by Crippen LogP contribution is -2.50. The molecule has 0 spiro atoms. The average Bonchev–Trinajstić information content (AvgIpc) is 3.05. The third-order valence-electron chi connectivity index (χ3n) is 4.35. The predicted molar refractivity (Wildman–Crippen MR) is 99.3 cm³/mol. The largest absolute Gasteiger partial charge is 0.339 e. The van der Waals surface area contributed by atoms with Crippen LogP contribution in [0.1, 0.15) is 17.4 Å². The van der Waals surface area contributed by atoms with Crippen molar-refractivity contribution in [3.63, 3.8) is 0 Å². The first-order valence-corrected chi connectivity index (χ1v) is 8.68. The summed E-state index contributed by atoms with van der Waals surface area (Å²) in [5, 5.41) is 7.52. The molecule has 1 fully saturated rings. The van der Waals surface area contributed by atoms with Gasteiger partial charge in [-0.15, -0.1) is 0 Å². The summed E-state index contributed by atoms with van der Waals surface area (Å²) in [6.45, 7) is 3.11. The van der Waals surface area contributed by atoms with Gasteiger partial charge >= 0.3 is 6.03 Å². The normalized spacial score (nSPS) is 14.2. The Hall–Kier alpha value is -2.86. The molecule has 0 bridgehead atoms. The SMILES string of the molecule is Cc1ccc(NC(=O)N2CC(c3nc(-c4cccc(Cl)c4)no3)C2)cc1. The number of likely N-dealkylation sites (tertiary alicyclic amines) is 1. The quantitative estimate of drug-likeness (QED) is 0.746. The zero-order chi connectivity index (χ0) is 18.1. The Morgan fingerprint density at radius 3 is 2.73 bits per heavy atom. The highest BCUT2D eigenvalue weighted by Crippen LogP contribution is 2.28. The minimum atomic E-state index is -0.125. The Balaban J connectivity index is 1.36. The minimum Gasteiger partial charge on any atom is -0.339 e. The number of amides is 2. The standard InChI is InChI=1S/C19H17ClN4O2/c1-12-5-7-16(8-6-12)21-19(25)24-10-14(11-24)18-22-17(23-26-18)13-3-2-4-15(20)9-13/h2-9,14H,10-11H2,1H3,(H,21,25). The zero-order valence-corrected chi connectivity index (χ0v) is 14.9. The van der Waals surface area contributed by atoms with Crippen molar-refractivity contribution in [2.45, 2.75) is 12.8 Å². The zero-order valence-electron chi connectivity index (χ0n) is 14.1. The lowest BCUT2D eigenvalue weighted by molar-refractivity contribution is 0.147. The summed E-state index contributed by atoms with van der Waals surface area (Å²) in [4.78, 5) is 18.4. The molecule has 0 aliphatic carbocycles. The third-order valence-corrected chi connectivity index (χ3v) is 4.58. The van der Waals surface area contributed by atoms with Gasteiger partial charge in [0.15, 0.2) is 0 Å². The molecule has 2 amide bonds. The molecule has 0 saturated carbocycles. The molecule has 1 aliphatic rings. The van der Waals surface area contributed by atoms with E-state index in [-0.39, 0.29) is 11.9 Å². The van der Waals surface area contributed by atoms with Gasteiger partial charge in [0, 0.05) is 29.4 Å². The van der Waals surface area contributed by atoms with E-state index in [1.807, 2.05) is 43.3 Å². The monoisotopic (exact) mass is 368 g/mol. The molecule has 0 radical (unpaired) electrons. The average molecular weight is 369 g/mol. The molecule has 6 nitrogen and oxygen atoms in total. The van der Waals surface area contributed by atoms with Crippen LogP contribution in [0.25, 0.3) is 11.4 Å². The number of halogens is 1. The van der Waals surface area contributed by atoms with Gasteiger partial charge in [-0.2, -0.15) is 4.98 Å². The van der Waals surface area contributed by atoms with E-state index in [2.05, 4.69) is 15.5 Å². The van der Waals surface area contributed by atoms with Crippen LogP contribution in [0.5, 0.6) is 0 Å². The number of carbonyl (C=O) groups is 1. The van der Waals surface area contributed by atoms with E-state index in [9.17, 15) is 4.79 Å². The van der Waals surface area contributed by atoms with Crippen LogP contribution >= 0.6 is 11.6 Å². The first kappa shape index (κ1) is 16.6.